The number of thiophene rings is 1. The molecule has 1 aromatic heterocycles. The van der Waals surface area contributed by atoms with Crippen LogP contribution >= 0.6 is 11.3 Å². The number of allylic oxidation sites excluding steroid dienone is 3. The molecule has 0 unspecified atom stereocenters. The van der Waals surface area contributed by atoms with Gasteiger partial charge >= 0.3 is 0 Å². The molecule has 2 aromatic rings. The normalized spacial score (nSPS) is 12.5. The highest BCUT2D eigenvalue weighted by Crippen LogP contribution is 2.41. The molecule has 4 heteroatoms. The zero-order valence-electron chi connectivity index (χ0n) is 10.3. The van der Waals surface area contributed by atoms with E-state index in [9.17, 15) is 0 Å². The van der Waals surface area contributed by atoms with Crippen molar-refractivity contribution in [1.29, 1.82) is 10.5 Å². The molecule has 0 amide bonds. The van der Waals surface area contributed by atoms with Crippen LogP contribution < -0.4 is 4.74 Å². The Morgan fingerprint density at radius 2 is 1.80 bits per heavy atom. The lowest BCUT2D eigenvalue weighted by Crippen LogP contribution is -2.02. The van der Waals surface area contributed by atoms with Gasteiger partial charge in [0.05, 0.1) is 4.88 Å². The average Bonchev–Trinajstić information content (AvgIpc) is 2.97. The van der Waals surface area contributed by atoms with E-state index in [4.69, 9.17) is 15.3 Å². The van der Waals surface area contributed by atoms with Crippen LogP contribution in [0.4, 0.5) is 0 Å². The first-order valence-corrected chi connectivity index (χ1v) is 6.78. The third-order valence-corrected chi connectivity index (χ3v) is 3.85. The molecule has 0 saturated heterocycles. The van der Waals surface area contributed by atoms with Crippen LogP contribution in [0, 0.1) is 22.7 Å². The first kappa shape index (κ1) is 12.2. The molecule has 1 aliphatic rings. The largest absolute Gasteiger partial charge is 0.455 e. The van der Waals surface area contributed by atoms with E-state index in [-0.39, 0.29) is 5.57 Å². The van der Waals surface area contributed by atoms with Crippen molar-refractivity contribution in [3.63, 3.8) is 0 Å². The maximum absolute atomic E-state index is 9.10. The molecule has 2 heterocycles. The highest BCUT2D eigenvalue weighted by molar-refractivity contribution is 7.11. The minimum atomic E-state index is 0.102. The predicted octanol–water partition coefficient (Wildman–Crippen LogP) is 3.98. The molecule has 1 aromatic carbocycles. The van der Waals surface area contributed by atoms with E-state index in [1.54, 1.807) is 6.08 Å². The molecular formula is C16H8N2OS. The summed E-state index contributed by atoms with van der Waals surface area (Å²) in [6.07, 6.45) is 1.76. The molecule has 0 fully saturated rings. The Hall–Kier alpha value is -2.82. The Morgan fingerprint density at radius 3 is 2.50 bits per heavy atom. The van der Waals surface area contributed by atoms with Crippen molar-refractivity contribution in [3.05, 3.63) is 63.9 Å². The van der Waals surface area contributed by atoms with Gasteiger partial charge in [0, 0.05) is 11.1 Å². The minimum absolute atomic E-state index is 0.102. The summed E-state index contributed by atoms with van der Waals surface area (Å²) in [6.45, 7) is 0. The minimum Gasteiger partial charge on any atom is -0.455 e. The molecule has 0 N–H and O–H groups in total. The van der Waals surface area contributed by atoms with Crippen LogP contribution in [0.3, 0.4) is 0 Å². The van der Waals surface area contributed by atoms with E-state index in [1.165, 1.54) is 11.3 Å². The summed E-state index contributed by atoms with van der Waals surface area (Å²) < 4.78 is 5.85. The van der Waals surface area contributed by atoms with Crippen LogP contribution in [0.15, 0.2) is 53.4 Å². The average molecular weight is 276 g/mol. The van der Waals surface area contributed by atoms with Crippen LogP contribution in [0.5, 0.6) is 5.75 Å². The molecule has 0 bridgehead atoms. The van der Waals surface area contributed by atoms with Crippen LogP contribution in [0.1, 0.15) is 10.4 Å². The van der Waals surface area contributed by atoms with Gasteiger partial charge in [-0.25, -0.2) is 0 Å². The number of benzene rings is 1. The highest BCUT2D eigenvalue weighted by Gasteiger charge is 2.22. The van der Waals surface area contributed by atoms with E-state index < -0.39 is 0 Å². The molecular weight excluding hydrogens is 268 g/mol. The Kier molecular flexibility index (Phi) is 3.09. The lowest BCUT2D eigenvalue weighted by Gasteiger charge is -2.17. The molecule has 0 aliphatic carbocycles. The fourth-order valence-electron chi connectivity index (χ4n) is 1.99. The maximum atomic E-state index is 9.10. The summed E-state index contributed by atoms with van der Waals surface area (Å²) in [5.74, 6) is 1.34. The Bertz CT molecular complexity index is 785. The SMILES string of the molecule is N#CC(C#N)=C1C=C(c2ccccc2)Oc2ccsc21. The van der Waals surface area contributed by atoms with Crippen LogP contribution in [0.2, 0.25) is 0 Å². The second-order valence-corrected chi connectivity index (χ2v) is 5.02. The van der Waals surface area contributed by atoms with Crippen molar-refractivity contribution >= 4 is 22.7 Å². The topological polar surface area (TPSA) is 56.8 Å². The third-order valence-electron chi connectivity index (χ3n) is 2.92. The Balaban J connectivity index is 2.20. The molecule has 1 aliphatic heterocycles. The van der Waals surface area contributed by atoms with Crippen molar-refractivity contribution in [2.45, 2.75) is 0 Å². The van der Waals surface area contributed by atoms with Crippen LogP contribution in [0.25, 0.3) is 11.3 Å². The first-order valence-electron chi connectivity index (χ1n) is 5.91. The fourth-order valence-corrected chi connectivity index (χ4v) is 2.84. The first-order chi connectivity index (χ1) is 9.83. The fraction of sp³-hybridized carbons (Fsp3) is 0. The van der Waals surface area contributed by atoms with Gasteiger partial charge in [-0.3, -0.25) is 0 Å². The zero-order valence-corrected chi connectivity index (χ0v) is 11.1. The highest BCUT2D eigenvalue weighted by atomic mass is 32.1. The van der Waals surface area contributed by atoms with Gasteiger partial charge in [-0.1, -0.05) is 30.3 Å². The summed E-state index contributed by atoms with van der Waals surface area (Å²) >= 11 is 1.46. The van der Waals surface area contributed by atoms with E-state index >= 15 is 0 Å². The summed E-state index contributed by atoms with van der Waals surface area (Å²) in [7, 11) is 0. The van der Waals surface area contributed by atoms with Gasteiger partial charge in [0.1, 0.15) is 29.2 Å². The van der Waals surface area contributed by atoms with Gasteiger partial charge in [-0.05, 0) is 17.5 Å². The number of hydrogen-bond acceptors (Lipinski definition) is 4. The standard InChI is InChI=1S/C16H8N2OS/c17-9-12(10-18)13-8-15(11-4-2-1-3-5-11)19-14-6-7-20-16(13)14/h1-8H. The number of hydrogen-bond donors (Lipinski definition) is 0. The molecule has 0 atom stereocenters. The van der Waals surface area contributed by atoms with Gasteiger partial charge in [-0.15, -0.1) is 11.3 Å². The van der Waals surface area contributed by atoms with Gasteiger partial charge < -0.3 is 4.74 Å². The smallest absolute Gasteiger partial charge is 0.146 e. The van der Waals surface area contributed by atoms with E-state index in [2.05, 4.69) is 0 Å². The molecule has 3 rings (SSSR count). The van der Waals surface area contributed by atoms with Gasteiger partial charge in [0.2, 0.25) is 0 Å². The van der Waals surface area contributed by atoms with Crippen molar-refractivity contribution in [3.8, 4) is 17.9 Å². The monoisotopic (exact) mass is 276 g/mol. The quantitative estimate of drug-likeness (QED) is 0.740. The van der Waals surface area contributed by atoms with Crippen molar-refractivity contribution < 1.29 is 4.74 Å². The Labute approximate surface area is 120 Å². The molecule has 94 valence electrons. The number of fused-ring (bicyclic) bond motifs is 1. The summed E-state index contributed by atoms with van der Waals surface area (Å²) in [4.78, 5) is 0.822. The number of ether oxygens (including phenoxy) is 1. The second kappa shape index (κ2) is 5.05. The summed E-state index contributed by atoms with van der Waals surface area (Å²) in [5.41, 5.74) is 1.65. The molecule has 0 saturated carbocycles. The van der Waals surface area contributed by atoms with Crippen LogP contribution in [-0.4, -0.2) is 0 Å². The second-order valence-electron chi connectivity index (χ2n) is 4.10. The van der Waals surface area contributed by atoms with Gasteiger partial charge in [-0.2, -0.15) is 10.5 Å². The zero-order chi connectivity index (χ0) is 13.9. The third kappa shape index (κ3) is 1.99. The number of rotatable bonds is 1. The molecule has 0 spiro atoms. The number of nitrogens with zero attached hydrogens (tertiary/aromatic N) is 2. The predicted molar refractivity (Wildman–Crippen MR) is 77.5 cm³/mol. The van der Waals surface area contributed by atoms with E-state index in [0.29, 0.717) is 17.1 Å². The van der Waals surface area contributed by atoms with Crippen molar-refractivity contribution in [1.82, 2.24) is 0 Å². The number of nitriles is 2. The van der Waals surface area contributed by atoms with E-state index in [1.807, 2.05) is 53.9 Å². The molecule has 3 nitrogen and oxygen atoms in total. The molecule has 0 radical (unpaired) electrons. The van der Waals surface area contributed by atoms with Gasteiger partial charge in [0.15, 0.2) is 0 Å². The maximum Gasteiger partial charge on any atom is 0.146 e. The summed E-state index contributed by atoms with van der Waals surface area (Å²) in [5, 5.41) is 20.1. The lowest BCUT2D eigenvalue weighted by molar-refractivity contribution is 0.512. The van der Waals surface area contributed by atoms with Crippen molar-refractivity contribution in [2.24, 2.45) is 0 Å². The van der Waals surface area contributed by atoms with Gasteiger partial charge in [0.25, 0.3) is 0 Å². The van der Waals surface area contributed by atoms with Crippen LogP contribution in [-0.2, 0) is 0 Å². The van der Waals surface area contributed by atoms with Crippen molar-refractivity contribution in [2.75, 3.05) is 0 Å². The van der Waals surface area contributed by atoms with E-state index in [0.717, 1.165) is 10.4 Å². The lowest BCUT2D eigenvalue weighted by atomic mass is 10.0. The molecule has 20 heavy (non-hydrogen) atoms. The Morgan fingerprint density at radius 1 is 1.05 bits per heavy atom. The summed E-state index contributed by atoms with van der Waals surface area (Å²) in [6, 6.07) is 15.4.